The molecule has 0 saturated carbocycles. The number of carbonyl (C=O) groups is 1. The maximum atomic E-state index is 11.7. The van der Waals surface area contributed by atoms with E-state index in [1.165, 1.54) is 12.1 Å². The fraction of sp³-hybridized carbons (Fsp3) is 0.545. The van der Waals surface area contributed by atoms with Crippen molar-refractivity contribution < 1.29 is 22.1 Å². The van der Waals surface area contributed by atoms with E-state index >= 15 is 0 Å². The van der Waals surface area contributed by atoms with E-state index in [1.807, 2.05) is 6.08 Å². The van der Waals surface area contributed by atoms with Crippen LogP contribution in [0, 0.1) is 11.8 Å². The van der Waals surface area contributed by atoms with E-state index in [9.17, 15) is 4.79 Å². The van der Waals surface area contributed by atoms with Crippen LogP contribution >= 0.6 is 0 Å². The van der Waals surface area contributed by atoms with Crippen LogP contribution in [0.25, 0.3) is 0 Å². The molecule has 0 aromatic carbocycles. The third-order valence-electron chi connectivity index (χ3n) is 3.54. The highest BCUT2D eigenvalue weighted by Gasteiger charge is 2.41. The summed E-state index contributed by atoms with van der Waals surface area (Å²) in [7, 11) is 0. The lowest BCUT2D eigenvalue weighted by Crippen LogP contribution is -3.15. The van der Waals surface area contributed by atoms with Gasteiger partial charge < -0.3 is 17.7 Å². The molecule has 3 unspecified atom stereocenters. The minimum atomic E-state index is 0. The Labute approximate surface area is 95.6 Å². The summed E-state index contributed by atoms with van der Waals surface area (Å²) in [5, 5.41) is 3.45. The van der Waals surface area contributed by atoms with Crippen LogP contribution in [-0.2, 0) is 4.79 Å². The predicted molar refractivity (Wildman–Crippen MR) is 52.5 cm³/mol. The second-order valence-electron chi connectivity index (χ2n) is 4.48. The Kier molecular flexibility index (Phi) is 2.96. The van der Waals surface area contributed by atoms with Gasteiger partial charge in [0.05, 0.1) is 6.54 Å². The van der Waals surface area contributed by atoms with Crippen molar-refractivity contribution >= 4 is 5.91 Å². The van der Waals surface area contributed by atoms with Gasteiger partial charge in [0.25, 0.3) is 0 Å². The lowest BCUT2D eigenvalue weighted by molar-refractivity contribution is -0.792. The molecule has 3 heterocycles. The van der Waals surface area contributed by atoms with Crippen molar-refractivity contribution in [3.8, 4) is 0 Å². The Morgan fingerprint density at radius 3 is 3.13 bits per heavy atom. The van der Waals surface area contributed by atoms with Crippen LogP contribution in [0.15, 0.2) is 23.9 Å². The van der Waals surface area contributed by atoms with Crippen molar-refractivity contribution in [2.45, 2.75) is 6.42 Å². The molecule has 2 saturated heterocycles. The van der Waals surface area contributed by atoms with Gasteiger partial charge in [-0.3, -0.25) is 0 Å². The van der Waals surface area contributed by atoms with Gasteiger partial charge in [0.1, 0.15) is 5.70 Å². The van der Waals surface area contributed by atoms with Crippen molar-refractivity contribution in [2.75, 3.05) is 19.6 Å². The van der Waals surface area contributed by atoms with Gasteiger partial charge in [-0.25, -0.2) is 9.69 Å². The first-order valence-electron chi connectivity index (χ1n) is 5.34. The molecular formula is C11H15ClN2O. The van der Waals surface area contributed by atoms with Gasteiger partial charge in [0.2, 0.25) is 0 Å². The first-order valence-corrected chi connectivity index (χ1v) is 5.34. The predicted octanol–water partition coefficient (Wildman–Crippen LogP) is -3.91. The van der Waals surface area contributed by atoms with Crippen LogP contribution in [0.3, 0.4) is 0 Å². The van der Waals surface area contributed by atoms with E-state index in [0.717, 1.165) is 24.5 Å². The third kappa shape index (κ3) is 1.75. The Morgan fingerprint density at radius 2 is 2.27 bits per heavy atom. The number of allylic oxidation sites excluding steroid dienone is 2. The van der Waals surface area contributed by atoms with E-state index in [0.29, 0.717) is 11.8 Å². The molecule has 2 N–H and O–H groups in total. The van der Waals surface area contributed by atoms with E-state index in [2.05, 4.69) is 11.4 Å². The number of quaternary nitrogens is 1. The van der Waals surface area contributed by atoms with Gasteiger partial charge in [-0.2, -0.15) is 0 Å². The minimum Gasteiger partial charge on any atom is -1.00 e. The number of rotatable bonds is 0. The molecule has 0 aromatic heterocycles. The Balaban J connectivity index is 0.000000853. The van der Waals surface area contributed by atoms with Crippen LogP contribution in [0.4, 0.5) is 0 Å². The average Bonchev–Trinajstić information content (AvgIpc) is 2.20. The summed E-state index contributed by atoms with van der Waals surface area (Å²) in [4.78, 5) is 12.8. The van der Waals surface area contributed by atoms with Crippen molar-refractivity contribution in [1.29, 1.82) is 0 Å². The van der Waals surface area contributed by atoms with Crippen LogP contribution < -0.4 is 22.6 Å². The molecule has 0 radical (unpaired) electrons. The van der Waals surface area contributed by atoms with E-state index < -0.39 is 0 Å². The molecular weight excluding hydrogens is 212 g/mol. The molecule has 0 spiro atoms. The monoisotopic (exact) mass is 226 g/mol. The van der Waals surface area contributed by atoms with Gasteiger partial charge in [-0.1, -0.05) is 0 Å². The van der Waals surface area contributed by atoms with Crippen molar-refractivity contribution in [2.24, 2.45) is 11.8 Å². The molecule has 82 valence electrons. The molecule has 1 amide bonds. The maximum Gasteiger partial charge on any atom is 0.341 e. The summed E-state index contributed by atoms with van der Waals surface area (Å²) in [6, 6.07) is 0. The number of amides is 1. The van der Waals surface area contributed by atoms with E-state index in [1.54, 1.807) is 6.08 Å². The van der Waals surface area contributed by atoms with Crippen molar-refractivity contribution in [3.05, 3.63) is 23.9 Å². The molecule has 0 aromatic rings. The lowest BCUT2D eigenvalue weighted by Gasteiger charge is -2.39. The molecule has 15 heavy (non-hydrogen) atoms. The van der Waals surface area contributed by atoms with Gasteiger partial charge in [0, 0.05) is 31.0 Å². The van der Waals surface area contributed by atoms with Crippen LogP contribution in [0.1, 0.15) is 6.42 Å². The normalized spacial score (nSPS) is 37.7. The summed E-state index contributed by atoms with van der Waals surface area (Å²) >= 11 is 0. The highest BCUT2D eigenvalue weighted by molar-refractivity contribution is 5.81. The molecule has 3 rings (SSSR count). The number of halogens is 1. The largest absolute Gasteiger partial charge is 1.00 e. The highest BCUT2D eigenvalue weighted by atomic mass is 35.5. The summed E-state index contributed by atoms with van der Waals surface area (Å²) < 4.78 is 0. The van der Waals surface area contributed by atoms with Crippen molar-refractivity contribution in [3.63, 3.8) is 0 Å². The van der Waals surface area contributed by atoms with Gasteiger partial charge in [-0.05, 0) is 18.6 Å². The first kappa shape index (κ1) is 10.9. The summed E-state index contributed by atoms with van der Waals surface area (Å²) in [6.45, 7) is 3.12. The van der Waals surface area contributed by atoms with E-state index in [4.69, 9.17) is 0 Å². The molecule has 2 bridgehead atoms. The van der Waals surface area contributed by atoms with Gasteiger partial charge in [-0.15, -0.1) is 0 Å². The maximum absolute atomic E-state index is 11.7. The third-order valence-corrected chi connectivity index (χ3v) is 3.54. The standard InChI is InChI=1S/C11H14N2O.ClH/c14-11-3-1-2-10-9-4-8(5-12-6-9)7-13(10)11;/h1-3,8-9,12H,4-7H2;1H. The molecule has 2 fully saturated rings. The fourth-order valence-corrected chi connectivity index (χ4v) is 2.90. The summed E-state index contributed by atoms with van der Waals surface area (Å²) in [6.07, 6.45) is 7.00. The minimum absolute atomic E-state index is 0. The molecule has 3 atom stereocenters. The van der Waals surface area contributed by atoms with Gasteiger partial charge in [0.15, 0.2) is 0 Å². The number of fused-ring (bicyclic) bond motifs is 4. The molecule has 3 aliphatic rings. The van der Waals surface area contributed by atoms with Crippen LogP contribution in [0.5, 0.6) is 0 Å². The second-order valence-corrected chi connectivity index (χ2v) is 4.48. The first-order chi connectivity index (χ1) is 6.84. The summed E-state index contributed by atoms with van der Waals surface area (Å²) in [5.74, 6) is 1.53. The Morgan fingerprint density at radius 1 is 1.40 bits per heavy atom. The summed E-state index contributed by atoms with van der Waals surface area (Å²) in [5.41, 5.74) is 1.31. The van der Waals surface area contributed by atoms with Gasteiger partial charge >= 0.3 is 5.91 Å². The van der Waals surface area contributed by atoms with Crippen LogP contribution in [0.2, 0.25) is 0 Å². The van der Waals surface area contributed by atoms with Crippen molar-refractivity contribution in [1.82, 2.24) is 5.32 Å². The number of hydrogen-bond acceptors (Lipinski definition) is 2. The average molecular weight is 227 g/mol. The Hall–Kier alpha value is -0.640. The second kappa shape index (κ2) is 4.08. The van der Waals surface area contributed by atoms with Crippen LogP contribution in [-0.4, -0.2) is 25.5 Å². The SMILES string of the molecule is O=C1C=CC=C2C3CNCC(C3)C[NH+]12.[Cl-]. The van der Waals surface area contributed by atoms with E-state index in [-0.39, 0.29) is 18.3 Å². The zero-order valence-electron chi connectivity index (χ0n) is 8.50. The smallest absolute Gasteiger partial charge is 0.341 e. The molecule has 4 heteroatoms. The quantitative estimate of drug-likeness (QED) is 0.443. The number of nitrogens with one attached hydrogen (secondary N) is 2. The molecule has 3 aliphatic heterocycles. The number of piperidine rings is 2. The topological polar surface area (TPSA) is 33.5 Å². The highest BCUT2D eigenvalue weighted by Crippen LogP contribution is 2.24. The number of carbonyl (C=O) groups excluding carboxylic acids is 1. The number of hydrogen-bond donors (Lipinski definition) is 2. The zero-order valence-corrected chi connectivity index (χ0v) is 9.26. The molecule has 3 nitrogen and oxygen atoms in total. The fourth-order valence-electron chi connectivity index (χ4n) is 2.90. The zero-order chi connectivity index (χ0) is 9.54. The lowest BCUT2D eigenvalue weighted by atomic mass is 9.82. The molecule has 0 aliphatic carbocycles. The Bertz CT molecular complexity index is 337.